The third kappa shape index (κ3) is 16.6. The molecule has 3 rings (SSSR count). The Bertz CT molecular complexity index is 1410. The molecule has 3 aromatic heterocycles. The maximum Gasteiger partial charge on any atom is 0.266 e. The Kier molecular flexibility index (Phi) is 17.9. The van der Waals surface area contributed by atoms with Crippen molar-refractivity contribution < 1.29 is 47.3 Å². The van der Waals surface area contributed by atoms with Crippen molar-refractivity contribution in [3.05, 3.63) is 0 Å². The number of rotatable bonds is 26. The first-order chi connectivity index (χ1) is 22.8. The lowest BCUT2D eigenvalue weighted by Crippen LogP contribution is -2.18. The maximum absolute atomic E-state index is 11.1. The number of hydrogen-bond acceptors (Lipinski definition) is 24. The second kappa shape index (κ2) is 21.8. The minimum Gasteiger partial charge on any atom is -0.394 e. The molecular weight excluding hydrogens is 711 g/mol. The van der Waals surface area contributed by atoms with Gasteiger partial charge in [0.1, 0.15) is 0 Å². The summed E-state index contributed by atoms with van der Waals surface area (Å²) in [6, 6.07) is 0. The first kappa shape index (κ1) is 38.5. The molecule has 0 saturated carbocycles. The van der Waals surface area contributed by atoms with Gasteiger partial charge in [-0.05, 0) is 23.5 Å². The topological polar surface area (TPSA) is 319 Å². The molecule has 9 N–H and O–H groups in total. The van der Waals surface area contributed by atoms with E-state index in [2.05, 4.69) is 75.7 Å². The lowest BCUT2D eigenvalue weighted by Gasteiger charge is -2.09. The molecule has 3 aromatic rings. The number of nitrogens with one attached hydrogen (secondary N) is 5. The van der Waals surface area contributed by atoms with E-state index < -0.39 is 15.9 Å². The van der Waals surface area contributed by atoms with E-state index in [-0.39, 0.29) is 78.8 Å². The second-order valence-electron chi connectivity index (χ2n) is 8.29. The van der Waals surface area contributed by atoms with Gasteiger partial charge in [0.15, 0.2) is 5.16 Å². The molecule has 0 unspecified atom stereocenters. The number of aromatic nitrogens is 9. The quantitative estimate of drug-likeness (QED) is 0.0158. The van der Waals surface area contributed by atoms with Crippen molar-refractivity contribution >= 4 is 69.5 Å². The van der Waals surface area contributed by atoms with Crippen LogP contribution in [0.25, 0.3) is 0 Å². The Labute approximate surface area is 280 Å². The van der Waals surface area contributed by atoms with Gasteiger partial charge in [0.05, 0.1) is 45.4 Å². The number of aliphatic hydroxyl groups excluding tert-OH is 2. The molecule has 3 heterocycles. The van der Waals surface area contributed by atoms with Crippen LogP contribution in [0.15, 0.2) is 20.6 Å². The molecular formula is C20H33N13O10S4. The average Bonchev–Trinajstić information content (AvgIpc) is 3.46. The maximum atomic E-state index is 11.1. The highest BCUT2D eigenvalue weighted by atomic mass is 32.2. The Morgan fingerprint density at radius 2 is 1.21 bits per heavy atom. The number of ether oxygens (including phenoxy) is 2. The molecule has 0 fully saturated rings. The number of aromatic amines is 1. The Hall–Kier alpha value is -2.96. The molecule has 0 amide bonds. The van der Waals surface area contributed by atoms with Crippen molar-refractivity contribution in [2.45, 2.75) is 20.6 Å². The molecule has 0 aliphatic carbocycles. The number of aliphatic hydroxyl groups is 2. The molecule has 23 nitrogen and oxygen atoms in total. The number of hydrogen-bond donors (Lipinski definition) is 9. The second-order valence-corrected chi connectivity index (χ2v) is 12.5. The monoisotopic (exact) mass is 743 g/mol. The third-order valence-electron chi connectivity index (χ3n) is 4.77. The van der Waals surface area contributed by atoms with Gasteiger partial charge >= 0.3 is 0 Å². The predicted molar refractivity (Wildman–Crippen MR) is 168 cm³/mol. The van der Waals surface area contributed by atoms with Crippen LogP contribution in [0.4, 0.5) is 23.8 Å². The number of anilines is 4. The summed E-state index contributed by atoms with van der Waals surface area (Å²) in [5.41, 5.74) is 0. The van der Waals surface area contributed by atoms with Crippen molar-refractivity contribution in [2.75, 3.05) is 98.6 Å². The van der Waals surface area contributed by atoms with Gasteiger partial charge < -0.3 is 41.0 Å². The van der Waals surface area contributed by atoms with Crippen LogP contribution >= 0.6 is 35.6 Å². The normalized spacial score (nSPS) is 11.5. The Morgan fingerprint density at radius 1 is 0.681 bits per heavy atom. The van der Waals surface area contributed by atoms with Crippen molar-refractivity contribution in [3.8, 4) is 0 Å². The first-order valence-electron chi connectivity index (χ1n) is 13.5. The SMILES string of the molecule is O=S(=O)(O)CCNc1nc(NCCOCCO)nc(Sc2n[nH]c(Sc3nc(NCCOCCO)nc(NCCSOOO)n3)n2)n1. The van der Waals surface area contributed by atoms with Crippen molar-refractivity contribution in [1.29, 1.82) is 0 Å². The summed E-state index contributed by atoms with van der Waals surface area (Å²) in [4.78, 5) is 30.3. The fourth-order valence-electron chi connectivity index (χ4n) is 2.97. The van der Waals surface area contributed by atoms with E-state index >= 15 is 0 Å². The standard InChI is InChI=1S/C20H33N13O10S4/c34-5-9-40-7-1-21-13-25-15(23-3-11-44-43-42-36)29-17(27-13)45-19-31-20(33-32-19)46-18-28-14(22-2-8-41-10-6-35)26-16(30-18)24-4-12-47(37,38)39/h34-36H,1-12H2,(H,31,32,33)(H,37,38,39)(H2,21,23,25,27,29)(H2,22,24,26,28,30). The zero-order chi connectivity index (χ0) is 33.7. The van der Waals surface area contributed by atoms with Gasteiger partial charge in [-0.25, -0.2) is 5.26 Å². The van der Waals surface area contributed by atoms with Crippen LogP contribution in [0.5, 0.6) is 0 Å². The average molecular weight is 744 g/mol. The smallest absolute Gasteiger partial charge is 0.266 e. The Morgan fingerprint density at radius 3 is 1.74 bits per heavy atom. The van der Waals surface area contributed by atoms with Gasteiger partial charge in [0.25, 0.3) is 10.1 Å². The van der Waals surface area contributed by atoms with Crippen LogP contribution in [0.2, 0.25) is 0 Å². The largest absolute Gasteiger partial charge is 0.394 e. The summed E-state index contributed by atoms with van der Waals surface area (Å²) in [5.74, 6) is 0.498. The Balaban J connectivity index is 1.70. The molecule has 0 aromatic carbocycles. The van der Waals surface area contributed by atoms with Crippen LogP contribution < -0.4 is 21.3 Å². The highest BCUT2D eigenvalue weighted by molar-refractivity contribution is 7.99. The van der Waals surface area contributed by atoms with Gasteiger partial charge in [-0.2, -0.15) is 43.3 Å². The molecule has 0 saturated heterocycles. The van der Waals surface area contributed by atoms with Crippen molar-refractivity contribution in [3.63, 3.8) is 0 Å². The summed E-state index contributed by atoms with van der Waals surface area (Å²) < 4.78 is 46.0. The van der Waals surface area contributed by atoms with Crippen LogP contribution in [-0.4, -0.2) is 151 Å². The van der Waals surface area contributed by atoms with Crippen LogP contribution in [0.3, 0.4) is 0 Å². The zero-order valence-electron chi connectivity index (χ0n) is 24.4. The van der Waals surface area contributed by atoms with Gasteiger partial charge in [-0.1, -0.05) is 5.04 Å². The molecule has 0 aliphatic heterocycles. The summed E-state index contributed by atoms with van der Waals surface area (Å²) in [7, 11) is -4.20. The summed E-state index contributed by atoms with van der Waals surface area (Å²) in [5, 5.41) is 49.2. The van der Waals surface area contributed by atoms with E-state index in [9.17, 15) is 8.42 Å². The molecule has 262 valence electrons. The van der Waals surface area contributed by atoms with Gasteiger partial charge in [0, 0.05) is 44.0 Å². The summed E-state index contributed by atoms with van der Waals surface area (Å²) in [6.45, 7) is 1.58. The fourth-order valence-corrected chi connectivity index (χ4v) is 5.00. The molecule has 0 atom stereocenters. The van der Waals surface area contributed by atoms with Crippen molar-refractivity contribution in [2.24, 2.45) is 0 Å². The van der Waals surface area contributed by atoms with Crippen LogP contribution in [0.1, 0.15) is 0 Å². The van der Waals surface area contributed by atoms with Crippen LogP contribution in [0, 0.1) is 0 Å². The molecule has 0 aliphatic rings. The first-order valence-corrected chi connectivity index (χ1v) is 17.6. The van der Waals surface area contributed by atoms with Crippen molar-refractivity contribution in [1.82, 2.24) is 45.1 Å². The van der Waals surface area contributed by atoms with E-state index in [0.717, 1.165) is 35.6 Å². The minimum atomic E-state index is -4.20. The predicted octanol–water partition coefficient (Wildman–Crippen LogP) is -0.900. The van der Waals surface area contributed by atoms with Crippen LogP contribution in [-0.2, 0) is 29.0 Å². The number of H-pyrrole nitrogens is 1. The van der Waals surface area contributed by atoms with Gasteiger partial charge in [-0.3, -0.25) is 9.65 Å². The zero-order valence-corrected chi connectivity index (χ0v) is 27.7. The molecule has 0 radical (unpaired) electrons. The van der Waals surface area contributed by atoms with E-state index in [1.54, 1.807) is 0 Å². The molecule has 47 heavy (non-hydrogen) atoms. The fraction of sp³-hybridized carbons (Fsp3) is 0.600. The van der Waals surface area contributed by atoms with E-state index in [4.69, 9.17) is 29.5 Å². The lowest BCUT2D eigenvalue weighted by atomic mass is 10.6. The molecule has 27 heteroatoms. The minimum absolute atomic E-state index is 0.0379. The summed E-state index contributed by atoms with van der Waals surface area (Å²) >= 11 is 2.90. The number of nitrogens with zero attached hydrogens (tertiary/aromatic N) is 8. The third-order valence-corrected chi connectivity index (χ3v) is 7.48. The molecule has 0 bridgehead atoms. The van der Waals surface area contributed by atoms with E-state index in [1.165, 1.54) is 0 Å². The van der Waals surface area contributed by atoms with E-state index in [1.807, 2.05) is 0 Å². The van der Waals surface area contributed by atoms with Gasteiger partial charge in [0.2, 0.25) is 39.3 Å². The lowest BCUT2D eigenvalue weighted by molar-refractivity contribution is -0.432. The molecule has 0 spiro atoms. The summed E-state index contributed by atoms with van der Waals surface area (Å²) in [6.07, 6.45) is 0. The van der Waals surface area contributed by atoms with Gasteiger partial charge in [-0.15, -0.1) is 9.43 Å². The highest BCUT2D eigenvalue weighted by Gasteiger charge is 2.15. The van der Waals surface area contributed by atoms with E-state index in [0.29, 0.717) is 37.2 Å². The highest BCUT2D eigenvalue weighted by Crippen LogP contribution is 2.27.